The molecule has 9 nitrogen and oxygen atoms in total. The van der Waals surface area contributed by atoms with Crippen LogP contribution in [0.1, 0.15) is 35.2 Å². The number of sulfonamides is 1. The number of hydrogen-bond acceptors (Lipinski definition) is 5. The molecule has 0 radical (unpaired) electrons. The molecule has 2 heterocycles. The number of likely N-dealkylation sites (tertiary alicyclic amines) is 1. The van der Waals surface area contributed by atoms with Crippen molar-refractivity contribution in [1.82, 2.24) is 15.2 Å². The Morgan fingerprint density at radius 1 is 1.11 bits per heavy atom. The summed E-state index contributed by atoms with van der Waals surface area (Å²) in [5.41, 5.74) is -1.99. The van der Waals surface area contributed by atoms with E-state index in [0.717, 1.165) is 24.6 Å². The maximum Gasteiger partial charge on any atom is 0.416 e. The summed E-state index contributed by atoms with van der Waals surface area (Å²) in [5.74, 6) is -0.586. The minimum absolute atomic E-state index is 0.0746. The van der Waals surface area contributed by atoms with Crippen LogP contribution < -0.4 is 15.5 Å². The fraction of sp³-hybridized carbons (Fsp3) is 0.292. The van der Waals surface area contributed by atoms with Crippen molar-refractivity contribution in [2.45, 2.75) is 30.3 Å². The average molecular weight is 537 g/mol. The Bertz CT molecular complexity index is 1520. The lowest BCUT2D eigenvalue weighted by Crippen LogP contribution is -2.32. The van der Waals surface area contributed by atoms with Crippen molar-refractivity contribution >= 4 is 38.4 Å². The highest BCUT2D eigenvalue weighted by molar-refractivity contribution is 7.92. The second-order valence-corrected chi connectivity index (χ2v) is 10.2. The van der Waals surface area contributed by atoms with Gasteiger partial charge < -0.3 is 15.2 Å². The van der Waals surface area contributed by atoms with Crippen LogP contribution in [0.5, 0.6) is 0 Å². The van der Waals surface area contributed by atoms with E-state index in [1.165, 1.54) is 24.4 Å². The summed E-state index contributed by atoms with van der Waals surface area (Å²) in [4.78, 5) is 41.3. The SMILES string of the molecule is O=C(NCCCN1CCCC1=O)c1c[nH]c2ccc(S(=O)(=O)Nc3cccc(C(F)(F)F)c3)cc2c1=O. The Kier molecular flexibility index (Phi) is 7.25. The zero-order valence-electron chi connectivity index (χ0n) is 19.4. The summed E-state index contributed by atoms with van der Waals surface area (Å²) in [6.45, 7) is 1.41. The van der Waals surface area contributed by atoms with Gasteiger partial charge in [-0.1, -0.05) is 6.07 Å². The summed E-state index contributed by atoms with van der Waals surface area (Å²) in [7, 11) is -4.35. The standard InChI is InChI=1S/C24H23F3N4O5S/c25-24(26,27)15-4-1-5-16(12-15)30-37(35,36)17-7-8-20-18(13-17)22(33)19(14-29-20)23(34)28-9-3-11-31-10-2-6-21(31)32/h1,4-5,7-8,12-14,30H,2-3,6,9-11H2,(H,28,34)(H,29,33). The molecule has 196 valence electrons. The molecule has 2 amide bonds. The van der Waals surface area contributed by atoms with Crippen LogP contribution in [0.15, 0.2) is 58.4 Å². The van der Waals surface area contributed by atoms with Crippen LogP contribution >= 0.6 is 0 Å². The minimum Gasteiger partial charge on any atom is -0.360 e. The van der Waals surface area contributed by atoms with Gasteiger partial charge >= 0.3 is 6.18 Å². The molecule has 0 spiro atoms. The Hall–Kier alpha value is -3.87. The van der Waals surface area contributed by atoms with Crippen LogP contribution in [0, 0.1) is 0 Å². The van der Waals surface area contributed by atoms with Crippen molar-refractivity contribution in [3.63, 3.8) is 0 Å². The normalized spacial score (nSPS) is 14.2. The summed E-state index contributed by atoms with van der Waals surface area (Å²) in [6, 6.07) is 7.28. The zero-order valence-corrected chi connectivity index (χ0v) is 20.2. The molecule has 13 heteroatoms. The molecular weight excluding hydrogens is 513 g/mol. The molecule has 1 fully saturated rings. The molecule has 1 saturated heterocycles. The van der Waals surface area contributed by atoms with Gasteiger partial charge in [-0.25, -0.2) is 8.42 Å². The van der Waals surface area contributed by atoms with Crippen LogP contribution in [-0.2, 0) is 21.0 Å². The molecular formula is C24H23F3N4O5S. The van der Waals surface area contributed by atoms with E-state index >= 15 is 0 Å². The van der Waals surface area contributed by atoms with E-state index in [0.29, 0.717) is 32.0 Å². The summed E-state index contributed by atoms with van der Waals surface area (Å²) in [5, 5.41) is 2.54. The smallest absolute Gasteiger partial charge is 0.360 e. The van der Waals surface area contributed by atoms with Gasteiger partial charge in [-0.3, -0.25) is 19.1 Å². The van der Waals surface area contributed by atoms with E-state index in [1.807, 2.05) is 0 Å². The lowest BCUT2D eigenvalue weighted by atomic mass is 10.1. The van der Waals surface area contributed by atoms with Gasteiger partial charge in [0.1, 0.15) is 5.56 Å². The number of H-pyrrole nitrogens is 1. The minimum atomic E-state index is -4.65. The molecule has 1 aliphatic rings. The quantitative estimate of drug-likeness (QED) is 0.381. The lowest BCUT2D eigenvalue weighted by molar-refractivity contribution is -0.137. The van der Waals surface area contributed by atoms with E-state index < -0.39 is 33.1 Å². The zero-order chi connectivity index (χ0) is 26.8. The van der Waals surface area contributed by atoms with Crippen LogP contribution in [0.3, 0.4) is 0 Å². The number of carbonyl (C=O) groups is 2. The monoisotopic (exact) mass is 536 g/mol. The molecule has 0 saturated carbocycles. The molecule has 0 unspecified atom stereocenters. The number of fused-ring (bicyclic) bond motifs is 1. The predicted molar refractivity (Wildman–Crippen MR) is 130 cm³/mol. The number of nitrogens with one attached hydrogen (secondary N) is 3. The van der Waals surface area contributed by atoms with Crippen molar-refractivity contribution in [3.05, 3.63) is 70.0 Å². The second kappa shape index (κ2) is 10.2. The molecule has 0 bridgehead atoms. The number of nitrogens with zero attached hydrogens (tertiary/aromatic N) is 1. The Labute approximate surface area is 209 Å². The number of alkyl halides is 3. The van der Waals surface area contributed by atoms with Gasteiger partial charge in [0, 0.05) is 48.8 Å². The van der Waals surface area contributed by atoms with E-state index in [-0.39, 0.29) is 39.5 Å². The van der Waals surface area contributed by atoms with E-state index in [2.05, 4.69) is 15.0 Å². The molecule has 4 rings (SSSR count). The number of pyridine rings is 1. The molecule has 3 N–H and O–H groups in total. The van der Waals surface area contributed by atoms with Crippen molar-refractivity contribution in [2.75, 3.05) is 24.4 Å². The maximum absolute atomic E-state index is 13.0. The number of aromatic nitrogens is 1. The van der Waals surface area contributed by atoms with Gasteiger partial charge in [-0.05, 0) is 49.2 Å². The first-order chi connectivity index (χ1) is 17.5. The highest BCUT2D eigenvalue weighted by Gasteiger charge is 2.31. The molecule has 0 atom stereocenters. The van der Waals surface area contributed by atoms with Crippen LogP contribution in [-0.4, -0.2) is 49.8 Å². The highest BCUT2D eigenvalue weighted by atomic mass is 32.2. The van der Waals surface area contributed by atoms with Crippen molar-refractivity contribution in [1.29, 1.82) is 0 Å². The number of rotatable bonds is 8. The van der Waals surface area contributed by atoms with E-state index in [1.54, 1.807) is 4.90 Å². The maximum atomic E-state index is 13.0. The topological polar surface area (TPSA) is 128 Å². The number of carbonyl (C=O) groups excluding carboxylic acids is 2. The van der Waals surface area contributed by atoms with Crippen molar-refractivity contribution < 1.29 is 31.2 Å². The first kappa shape index (κ1) is 26.2. The molecule has 0 aliphatic carbocycles. The summed E-state index contributed by atoms with van der Waals surface area (Å²) >= 11 is 0. The van der Waals surface area contributed by atoms with Crippen molar-refractivity contribution in [2.24, 2.45) is 0 Å². The van der Waals surface area contributed by atoms with Gasteiger partial charge in [-0.15, -0.1) is 0 Å². The Morgan fingerprint density at radius 2 is 1.89 bits per heavy atom. The highest BCUT2D eigenvalue weighted by Crippen LogP contribution is 2.31. The number of hydrogen-bond donors (Lipinski definition) is 3. The third kappa shape index (κ3) is 5.93. The number of halogens is 3. The third-order valence-electron chi connectivity index (χ3n) is 5.91. The van der Waals surface area contributed by atoms with E-state index in [9.17, 15) is 36.0 Å². The van der Waals surface area contributed by atoms with Gasteiger partial charge in [0.05, 0.1) is 10.5 Å². The Balaban J connectivity index is 1.51. The number of aromatic amines is 1. The fourth-order valence-corrected chi connectivity index (χ4v) is 5.09. The number of anilines is 1. The fourth-order valence-electron chi connectivity index (χ4n) is 4.01. The largest absolute Gasteiger partial charge is 0.416 e. The first-order valence-electron chi connectivity index (χ1n) is 11.4. The van der Waals surface area contributed by atoms with Gasteiger partial charge in [-0.2, -0.15) is 13.2 Å². The Morgan fingerprint density at radius 3 is 2.59 bits per heavy atom. The van der Waals surface area contributed by atoms with Crippen LogP contribution in [0.2, 0.25) is 0 Å². The molecule has 1 aliphatic heterocycles. The van der Waals surface area contributed by atoms with Gasteiger partial charge in [0.25, 0.3) is 15.9 Å². The summed E-state index contributed by atoms with van der Waals surface area (Å²) < 4.78 is 66.6. The van der Waals surface area contributed by atoms with E-state index in [4.69, 9.17) is 0 Å². The van der Waals surface area contributed by atoms with Gasteiger partial charge in [0.15, 0.2) is 0 Å². The molecule has 3 aromatic rings. The van der Waals surface area contributed by atoms with Crippen LogP contribution in [0.25, 0.3) is 10.9 Å². The molecule has 2 aromatic carbocycles. The summed E-state index contributed by atoms with van der Waals surface area (Å²) in [6.07, 6.45) is -1.59. The second-order valence-electron chi connectivity index (χ2n) is 8.52. The lowest BCUT2D eigenvalue weighted by Gasteiger charge is -2.15. The predicted octanol–water partition coefficient (Wildman–Crippen LogP) is 3.09. The third-order valence-corrected chi connectivity index (χ3v) is 7.29. The number of amides is 2. The van der Waals surface area contributed by atoms with Gasteiger partial charge in [0.2, 0.25) is 11.3 Å². The molecule has 1 aromatic heterocycles. The average Bonchev–Trinajstić information content (AvgIpc) is 3.25. The first-order valence-corrected chi connectivity index (χ1v) is 12.9. The molecule has 37 heavy (non-hydrogen) atoms. The number of benzene rings is 2. The van der Waals surface area contributed by atoms with Crippen LogP contribution in [0.4, 0.5) is 18.9 Å². The van der Waals surface area contributed by atoms with Crippen molar-refractivity contribution in [3.8, 4) is 0 Å².